The van der Waals surface area contributed by atoms with E-state index in [4.69, 9.17) is 0 Å². The van der Waals surface area contributed by atoms with Crippen LogP contribution in [0.2, 0.25) is 0 Å². The molecule has 0 aromatic carbocycles. The summed E-state index contributed by atoms with van der Waals surface area (Å²) in [4.78, 5) is 0. The fourth-order valence-electron chi connectivity index (χ4n) is 0.103. The van der Waals surface area contributed by atoms with Crippen LogP contribution in [0.3, 0.4) is 0 Å². The molecule has 0 aromatic heterocycles. The van der Waals surface area contributed by atoms with Crippen molar-refractivity contribution in [2.75, 3.05) is 5.33 Å². The molecule has 0 radical (unpaired) electrons. The van der Waals surface area contributed by atoms with Gasteiger partial charge in [0.25, 0.3) is 0 Å². The minimum absolute atomic E-state index is 0.997. The average molecular weight is 214 g/mol. The van der Waals surface area contributed by atoms with Crippen molar-refractivity contribution in [3.05, 3.63) is 11.1 Å². The molecule has 2 heteroatoms. The van der Waals surface area contributed by atoms with Gasteiger partial charge < -0.3 is 0 Å². The smallest absolute Gasteiger partial charge is 0.00767 e. The highest BCUT2D eigenvalue weighted by Gasteiger charge is 1.79. The quantitative estimate of drug-likeness (QED) is 0.619. The van der Waals surface area contributed by atoms with E-state index in [1.807, 2.05) is 0 Å². The summed E-state index contributed by atoms with van der Waals surface area (Å²) in [5.41, 5.74) is 0. The third-order valence-electron chi connectivity index (χ3n) is 0.366. The molecular formula is C4H6Br2. The van der Waals surface area contributed by atoms with Gasteiger partial charge in [-0.1, -0.05) is 38.4 Å². The minimum Gasteiger partial charge on any atom is -0.0924 e. The van der Waals surface area contributed by atoms with Gasteiger partial charge in [0.2, 0.25) is 0 Å². The number of hydrogen-bond acceptors (Lipinski definition) is 0. The van der Waals surface area contributed by atoms with Crippen LogP contribution >= 0.6 is 31.9 Å². The average Bonchev–Trinajstić information content (AvgIpc) is 1.35. The lowest BCUT2D eigenvalue weighted by atomic mass is 10.5. The molecule has 0 nitrogen and oxygen atoms in total. The summed E-state index contributed by atoms with van der Waals surface area (Å²) in [6.07, 6.45) is 1.01. The lowest BCUT2D eigenvalue weighted by Gasteiger charge is -1.83. The Kier molecular flexibility index (Phi) is 4.33. The highest BCUT2D eigenvalue weighted by atomic mass is 79.9. The van der Waals surface area contributed by atoms with Crippen LogP contribution in [0.5, 0.6) is 0 Å². The molecule has 0 atom stereocenters. The van der Waals surface area contributed by atoms with Crippen molar-refractivity contribution in [3.63, 3.8) is 0 Å². The second kappa shape index (κ2) is 3.88. The fraction of sp³-hybridized carbons (Fsp3) is 0.500. The van der Waals surface area contributed by atoms with Crippen LogP contribution in [-0.4, -0.2) is 5.33 Å². The van der Waals surface area contributed by atoms with E-state index in [-0.39, 0.29) is 0 Å². The van der Waals surface area contributed by atoms with Crippen LogP contribution in [0.4, 0.5) is 0 Å². The van der Waals surface area contributed by atoms with Gasteiger partial charge in [0, 0.05) is 5.33 Å². The van der Waals surface area contributed by atoms with Crippen molar-refractivity contribution in [1.82, 2.24) is 0 Å². The van der Waals surface area contributed by atoms with E-state index in [2.05, 4.69) is 38.4 Å². The summed E-state index contributed by atoms with van der Waals surface area (Å²) < 4.78 is 1.05. The van der Waals surface area contributed by atoms with Crippen LogP contribution in [0.25, 0.3) is 0 Å². The maximum absolute atomic E-state index is 3.63. The van der Waals surface area contributed by atoms with Gasteiger partial charge >= 0.3 is 0 Å². The van der Waals surface area contributed by atoms with Crippen molar-refractivity contribution in [3.8, 4) is 0 Å². The molecule has 0 rings (SSSR count). The molecule has 6 heavy (non-hydrogen) atoms. The van der Waals surface area contributed by atoms with Crippen LogP contribution in [0, 0.1) is 0 Å². The first-order chi connectivity index (χ1) is 2.77. The molecule has 0 saturated carbocycles. The summed E-state index contributed by atoms with van der Waals surface area (Å²) in [6.45, 7) is 3.63. The monoisotopic (exact) mass is 212 g/mol. The number of rotatable bonds is 2. The number of allylic oxidation sites excluding steroid dienone is 1. The largest absolute Gasteiger partial charge is 0.0924 e. The summed E-state index contributed by atoms with van der Waals surface area (Å²) in [6, 6.07) is 0. The predicted octanol–water partition coefficient (Wildman–Crippen LogP) is 2.68. The Labute approximate surface area is 54.9 Å². The highest BCUT2D eigenvalue weighted by Crippen LogP contribution is 2.06. The van der Waals surface area contributed by atoms with E-state index >= 15 is 0 Å². The first-order valence-electron chi connectivity index (χ1n) is 1.66. The zero-order valence-electron chi connectivity index (χ0n) is 3.38. The van der Waals surface area contributed by atoms with Crippen LogP contribution in [-0.2, 0) is 0 Å². The zero-order chi connectivity index (χ0) is 4.99. The Morgan fingerprint density at radius 2 is 2.17 bits per heavy atom. The molecular weight excluding hydrogens is 208 g/mol. The van der Waals surface area contributed by atoms with E-state index < -0.39 is 0 Å². The Balaban J connectivity index is 2.83. The topological polar surface area (TPSA) is 0 Å². The maximum Gasteiger partial charge on any atom is 0.00767 e. The summed E-state index contributed by atoms with van der Waals surface area (Å²) in [5, 5.41) is 0.997. The Hall–Kier alpha value is 0.700. The summed E-state index contributed by atoms with van der Waals surface area (Å²) in [7, 11) is 0. The van der Waals surface area contributed by atoms with E-state index in [1.165, 1.54) is 0 Å². The van der Waals surface area contributed by atoms with E-state index in [0.717, 1.165) is 16.2 Å². The second-order valence-electron chi connectivity index (χ2n) is 0.956. The van der Waals surface area contributed by atoms with Gasteiger partial charge in [-0.2, -0.15) is 0 Å². The van der Waals surface area contributed by atoms with E-state index in [9.17, 15) is 0 Å². The van der Waals surface area contributed by atoms with E-state index in [0.29, 0.717) is 0 Å². The first kappa shape index (κ1) is 6.70. The second-order valence-corrected chi connectivity index (χ2v) is 2.87. The molecule has 36 valence electrons. The predicted molar refractivity (Wildman–Crippen MR) is 36.5 cm³/mol. The summed E-state index contributed by atoms with van der Waals surface area (Å²) in [5.74, 6) is 0. The maximum atomic E-state index is 3.63. The molecule has 0 aliphatic carbocycles. The van der Waals surface area contributed by atoms with Gasteiger partial charge in [0.15, 0.2) is 0 Å². The number of halogens is 2. The molecule has 0 aliphatic heterocycles. The molecule has 0 saturated heterocycles. The lowest BCUT2D eigenvalue weighted by Crippen LogP contribution is -1.67. The molecule has 0 aromatic rings. The molecule has 0 aliphatic rings. The molecule has 0 amide bonds. The minimum atomic E-state index is 0.997. The van der Waals surface area contributed by atoms with Gasteiger partial charge in [-0.3, -0.25) is 0 Å². The highest BCUT2D eigenvalue weighted by molar-refractivity contribution is 9.12. The van der Waals surface area contributed by atoms with Crippen LogP contribution in [0.15, 0.2) is 11.1 Å². The van der Waals surface area contributed by atoms with Gasteiger partial charge in [-0.15, -0.1) is 0 Å². The molecule has 0 unspecified atom stereocenters. The Morgan fingerprint density at radius 3 is 2.17 bits per heavy atom. The third kappa shape index (κ3) is 4.70. The summed E-state index contributed by atoms with van der Waals surface area (Å²) >= 11 is 6.47. The molecule has 0 heterocycles. The first-order valence-corrected chi connectivity index (χ1v) is 3.58. The fourth-order valence-corrected chi connectivity index (χ4v) is 1.31. The van der Waals surface area contributed by atoms with Crippen molar-refractivity contribution in [2.45, 2.75) is 6.42 Å². The molecule has 0 bridgehead atoms. The standard InChI is InChI=1S/C4H6Br2/c1-4(6)2-3-5/h1-3H2. The number of alkyl halides is 1. The normalized spacial score (nSPS) is 8.33. The van der Waals surface area contributed by atoms with Crippen molar-refractivity contribution < 1.29 is 0 Å². The molecule has 0 N–H and O–H groups in total. The van der Waals surface area contributed by atoms with Crippen molar-refractivity contribution in [1.29, 1.82) is 0 Å². The SMILES string of the molecule is C=C(Br)CCBr. The van der Waals surface area contributed by atoms with Crippen LogP contribution in [0.1, 0.15) is 6.42 Å². The number of hydrogen-bond donors (Lipinski definition) is 0. The molecule has 0 fully saturated rings. The lowest BCUT2D eigenvalue weighted by molar-refractivity contribution is 1.25. The van der Waals surface area contributed by atoms with Gasteiger partial charge in [-0.25, -0.2) is 0 Å². The van der Waals surface area contributed by atoms with Crippen molar-refractivity contribution >= 4 is 31.9 Å². The zero-order valence-corrected chi connectivity index (χ0v) is 6.55. The van der Waals surface area contributed by atoms with Crippen LogP contribution < -0.4 is 0 Å². The third-order valence-corrected chi connectivity index (χ3v) is 1.16. The Morgan fingerprint density at radius 1 is 1.67 bits per heavy atom. The Bertz CT molecular complexity index is 49.5. The molecule has 0 spiro atoms. The van der Waals surface area contributed by atoms with E-state index in [1.54, 1.807) is 0 Å². The van der Waals surface area contributed by atoms with Gasteiger partial charge in [-0.05, 0) is 10.9 Å². The van der Waals surface area contributed by atoms with Gasteiger partial charge in [0.1, 0.15) is 0 Å². The van der Waals surface area contributed by atoms with Crippen molar-refractivity contribution in [2.24, 2.45) is 0 Å². The van der Waals surface area contributed by atoms with Gasteiger partial charge in [0.05, 0.1) is 0 Å².